The molecule has 0 fully saturated rings. The molecule has 1 heterocycles. The summed E-state index contributed by atoms with van der Waals surface area (Å²) >= 11 is 0. The molecule has 2 aromatic rings. The molecule has 0 spiro atoms. The molecule has 7 heteroatoms. The molecule has 0 amide bonds. The number of aromatic nitrogens is 1. The second kappa shape index (κ2) is 9.39. The average molecular weight is 317 g/mol. The summed E-state index contributed by atoms with van der Waals surface area (Å²) in [6.07, 6.45) is 3.28. The van der Waals surface area contributed by atoms with Crippen molar-refractivity contribution in [3.8, 4) is 11.5 Å². The first-order valence-corrected chi connectivity index (χ1v) is 7.03. The molecule has 0 atom stereocenters. The normalized spacial score (nSPS) is 10.7. The minimum absolute atomic E-state index is 0.0490. The molecule has 0 aliphatic rings. The van der Waals surface area contributed by atoms with Crippen molar-refractivity contribution in [1.29, 1.82) is 0 Å². The molecule has 122 valence electrons. The highest BCUT2D eigenvalue weighted by Gasteiger charge is 2.05. The summed E-state index contributed by atoms with van der Waals surface area (Å²) in [5.41, 5.74) is 3.54. The predicted molar refractivity (Wildman–Crippen MR) is 87.0 cm³/mol. The van der Waals surface area contributed by atoms with Crippen LogP contribution in [0.3, 0.4) is 0 Å². The standard InChI is InChI=1S/C16H19N3O4/c1-21-12-23-15-6-5-14(22-9-8-20)10-13(15)11-18-19-16-4-2-3-7-17-16/h2-7,10-11,20H,8-9,12H2,1H3,(H,17,19)/b18-11+. The van der Waals surface area contributed by atoms with Crippen molar-refractivity contribution in [2.75, 3.05) is 32.5 Å². The van der Waals surface area contributed by atoms with E-state index in [0.29, 0.717) is 22.9 Å². The van der Waals surface area contributed by atoms with Crippen LogP contribution in [-0.2, 0) is 4.74 Å². The van der Waals surface area contributed by atoms with Crippen LogP contribution >= 0.6 is 0 Å². The van der Waals surface area contributed by atoms with E-state index in [1.165, 1.54) is 0 Å². The van der Waals surface area contributed by atoms with Crippen LogP contribution in [0.1, 0.15) is 5.56 Å². The molecule has 1 aromatic carbocycles. The number of pyridine rings is 1. The van der Waals surface area contributed by atoms with E-state index in [-0.39, 0.29) is 20.0 Å². The highest BCUT2D eigenvalue weighted by molar-refractivity contribution is 5.84. The molecule has 1 aromatic heterocycles. The molecule has 2 rings (SSSR count). The Morgan fingerprint density at radius 2 is 2.17 bits per heavy atom. The van der Waals surface area contributed by atoms with Crippen LogP contribution in [-0.4, -0.2) is 43.4 Å². The van der Waals surface area contributed by atoms with Crippen LogP contribution in [0, 0.1) is 0 Å². The van der Waals surface area contributed by atoms with E-state index >= 15 is 0 Å². The van der Waals surface area contributed by atoms with Crippen molar-refractivity contribution < 1.29 is 19.3 Å². The number of nitrogens with one attached hydrogen (secondary N) is 1. The molecular weight excluding hydrogens is 298 g/mol. The maximum absolute atomic E-state index is 8.83. The van der Waals surface area contributed by atoms with Gasteiger partial charge in [0.05, 0.1) is 12.8 Å². The second-order valence-corrected chi connectivity index (χ2v) is 4.41. The Bertz CT molecular complexity index is 620. The maximum Gasteiger partial charge on any atom is 0.188 e. The van der Waals surface area contributed by atoms with Gasteiger partial charge in [-0.1, -0.05) is 6.07 Å². The number of rotatable bonds is 9. The lowest BCUT2D eigenvalue weighted by atomic mass is 10.2. The van der Waals surface area contributed by atoms with E-state index in [4.69, 9.17) is 19.3 Å². The largest absolute Gasteiger partial charge is 0.491 e. The number of aliphatic hydroxyl groups is 1. The quantitative estimate of drug-likeness (QED) is 0.417. The van der Waals surface area contributed by atoms with Crippen LogP contribution in [0.15, 0.2) is 47.7 Å². The van der Waals surface area contributed by atoms with E-state index in [0.717, 1.165) is 0 Å². The predicted octanol–water partition coefficient (Wildman–Crippen LogP) is 1.88. The Balaban J connectivity index is 2.11. The summed E-state index contributed by atoms with van der Waals surface area (Å²) < 4.78 is 15.8. The highest BCUT2D eigenvalue weighted by Crippen LogP contribution is 2.23. The summed E-state index contributed by atoms with van der Waals surface area (Å²) in [6.45, 7) is 0.305. The van der Waals surface area contributed by atoms with Crippen molar-refractivity contribution in [2.24, 2.45) is 5.10 Å². The summed E-state index contributed by atoms with van der Waals surface area (Å²) in [4.78, 5) is 4.11. The van der Waals surface area contributed by atoms with Gasteiger partial charge in [-0.3, -0.25) is 5.43 Å². The van der Waals surface area contributed by atoms with Crippen molar-refractivity contribution in [3.05, 3.63) is 48.2 Å². The molecule has 2 N–H and O–H groups in total. The van der Waals surface area contributed by atoms with Crippen molar-refractivity contribution >= 4 is 12.0 Å². The third-order valence-corrected chi connectivity index (χ3v) is 2.72. The monoisotopic (exact) mass is 317 g/mol. The SMILES string of the molecule is COCOc1ccc(OCCO)cc1/C=N/Nc1ccccn1. The van der Waals surface area contributed by atoms with E-state index in [2.05, 4.69) is 15.5 Å². The minimum atomic E-state index is -0.0490. The smallest absolute Gasteiger partial charge is 0.188 e. The van der Waals surface area contributed by atoms with E-state index in [1.807, 2.05) is 12.1 Å². The molecule has 23 heavy (non-hydrogen) atoms. The summed E-state index contributed by atoms with van der Waals surface area (Å²) in [6, 6.07) is 10.8. The third-order valence-electron chi connectivity index (χ3n) is 2.72. The van der Waals surface area contributed by atoms with Gasteiger partial charge in [0.15, 0.2) is 6.79 Å². The minimum Gasteiger partial charge on any atom is -0.491 e. The Hall–Kier alpha value is -2.64. The lowest BCUT2D eigenvalue weighted by Gasteiger charge is -2.10. The summed E-state index contributed by atoms with van der Waals surface area (Å²) in [7, 11) is 1.55. The van der Waals surface area contributed by atoms with Gasteiger partial charge in [0.2, 0.25) is 0 Å². The topological polar surface area (TPSA) is 85.2 Å². The Labute approximate surface area is 134 Å². The van der Waals surface area contributed by atoms with E-state index in [1.54, 1.807) is 43.8 Å². The second-order valence-electron chi connectivity index (χ2n) is 4.41. The molecule has 7 nitrogen and oxygen atoms in total. The third kappa shape index (κ3) is 5.57. The fourth-order valence-electron chi connectivity index (χ4n) is 1.73. The number of hydrazone groups is 1. The molecule has 0 radical (unpaired) electrons. The molecule has 0 aliphatic carbocycles. The maximum atomic E-state index is 8.83. The number of methoxy groups -OCH3 is 1. The fourth-order valence-corrected chi connectivity index (χ4v) is 1.73. The van der Waals surface area contributed by atoms with Crippen molar-refractivity contribution in [3.63, 3.8) is 0 Å². The van der Waals surface area contributed by atoms with Crippen LogP contribution in [0.4, 0.5) is 5.82 Å². The fraction of sp³-hybridized carbons (Fsp3) is 0.250. The van der Waals surface area contributed by atoms with Gasteiger partial charge in [0.25, 0.3) is 0 Å². The van der Waals surface area contributed by atoms with Crippen LogP contribution in [0.2, 0.25) is 0 Å². The molecular formula is C16H19N3O4. The average Bonchev–Trinajstić information content (AvgIpc) is 2.60. The molecule has 0 saturated carbocycles. The molecule has 0 saturated heterocycles. The first-order chi connectivity index (χ1) is 11.3. The Kier molecular flexibility index (Phi) is 6.83. The summed E-state index contributed by atoms with van der Waals surface area (Å²) in [5, 5.41) is 13.0. The van der Waals surface area contributed by atoms with E-state index < -0.39 is 0 Å². The van der Waals surface area contributed by atoms with Gasteiger partial charge in [-0.15, -0.1) is 0 Å². The number of hydrogen-bond acceptors (Lipinski definition) is 7. The van der Waals surface area contributed by atoms with Gasteiger partial charge in [0, 0.05) is 18.9 Å². The number of hydrogen-bond donors (Lipinski definition) is 2. The van der Waals surface area contributed by atoms with Gasteiger partial charge >= 0.3 is 0 Å². The van der Waals surface area contributed by atoms with Crippen LogP contribution in [0.25, 0.3) is 0 Å². The Morgan fingerprint density at radius 3 is 2.91 bits per heavy atom. The van der Waals surface area contributed by atoms with E-state index in [9.17, 15) is 0 Å². The van der Waals surface area contributed by atoms with Gasteiger partial charge in [-0.05, 0) is 30.3 Å². The number of nitrogens with zero attached hydrogens (tertiary/aromatic N) is 2. The lowest BCUT2D eigenvalue weighted by molar-refractivity contribution is 0.0510. The first-order valence-electron chi connectivity index (χ1n) is 7.03. The summed E-state index contributed by atoms with van der Waals surface area (Å²) in [5.74, 6) is 1.86. The first kappa shape index (κ1) is 16.7. The zero-order valence-electron chi connectivity index (χ0n) is 12.8. The van der Waals surface area contributed by atoms with Crippen molar-refractivity contribution in [2.45, 2.75) is 0 Å². The number of ether oxygens (including phenoxy) is 3. The van der Waals surface area contributed by atoms with Crippen LogP contribution < -0.4 is 14.9 Å². The van der Waals surface area contributed by atoms with Crippen molar-refractivity contribution in [1.82, 2.24) is 4.98 Å². The van der Waals surface area contributed by atoms with Gasteiger partial charge in [-0.2, -0.15) is 5.10 Å². The molecule has 0 unspecified atom stereocenters. The zero-order valence-corrected chi connectivity index (χ0v) is 12.8. The number of anilines is 1. The number of benzene rings is 1. The lowest BCUT2D eigenvalue weighted by Crippen LogP contribution is -2.04. The molecule has 0 bridgehead atoms. The number of aliphatic hydroxyl groups excluding tert-OH is 1. The van der Waals surface area contributed by atoms with Gasteiger partial charge in [0.1, 0.15) is 23.9 Å². The molecule has 0 aliphatic heterocycles. The van der Waals surface area contributed by atoms with Gasteiger partial charge in [-0.25, -0.2) is 4.98 Å². The zero-order chi connectivity index (χ0) is 16.3. The van der Waals surface area contributed by atoms with Crippen LogP contribution in [0.5, 0.6) is 11.5 Å². The Morgan fingerprint density at radius 1 is 1.26 bits per heavy atom. The van der Waals surface area contributed by atoms with Gasteiger partial charge < -0.3 is 19.3 Å². The highest BCUT2D eigenvalue weighted by atomic mass is 16.7.